The maximum absolute atomic E-state index is 6.30. The first kappa shape index (κ1) is 13.6. The molecule has 0 radical (unpaired) electrons. The zero-order chi connectivity index (χ0) is 13.1. The van der Waals surface area contributed by atoms with Crippen LogP contribution in [0.5, 0.6) is 0 Å². The van der Waals surface area contributed by atoms with Gasteiger partial charge in [-0.25, -0.2) is 0 Å². The van der Waals surface area contributed by atoms with Gasteiger partial charge in [-0.1, -0.05) is 44.5 Å². The Morgan fingerprint density at radius 1 is 1.17 bits per heavy atom. The summed E-state index contributed by atoms with van der Waals surface area (Å²) >= 11 is 0. The fraction of sp³-hybridized carbons (Fsp3) is 0.625. The summed E-state index contributed by atoms with van der Waals surface area (Å²) in [7, 11) is 2.20. The van der Waals surface area contributed by atoms with Crippen LogP contribution in [0, 0.1) is 0 Å². The zero-order valence-corrected chi connectivity index (χ0v) is 11.9. The average Bonchev–Trinajstić information content (AvgIpc) is 2.26. The lowest BCUT2D eigenvalue weighted by Crippen LogP contribution is -2.41. The highest BCUT2D eigenvalue weighted by Gasteiger charge is 2.23. The van der Waals surface area contributed by atoms with Crippen molar-refractivity contribution in [1.29, 1.82) is 0 Å². The first-order valence-corrected chi connectivity index (χ1v) is 7.13. The number of nitrogens with two attached hydrogens (primary N) is 1. The van der Waals surface area contributed by atoms with E-state index in [2.05, 4.69) is 50.1 Å². The Kier molecular flexibility index (Phi) is 4.41. The summed E-state index contributed by atoms with van der Waals surface area (Å²) in [6.07, 6.45) is 4.07. The van der Waals surface area contributed by atoms with Gasteiger partial charge in [0.05, 0.1) is 0 Å². The highest BCUT2D eigenvalue weighted by atomic mass is 15.1. The van der Waals surface area contributed by atoms with Gasteiger partial charge in [-0.2, -0.15) is 0 Å². The zero-order valence-electron chi connectivity index (χ0n) is 11.9. The molecule has 1 atom stereocenters. The van der Waals surface area contributed by atoms with Gasteiger partial charge >= 0.3 is 0 Å². The van der Waals surface area contributed by atoms with E-state index >= 15 is 0 Å². The quantitative estimate of drug-likeness (QED) is 0.864. The van der Waals surface area contributed by atoms with E-state index < -0.39 is 0 Å². The molecule has 0 heterocycles. The molecule has 0 aromatic heterocycles. The molecular weight excluding hydrogens is 220 g/mol. The molecule has 0 bridgehead atoms. The van der Waals surface area contributed by atoms with E-state index in [4.69, 9.17) is 5.73 Å². The van der Waals surface area contributed by atoms with Crippen molar-refractivity contribution in [3.63, 3.8) is 0 Å². The van der Waals surface area contributed by atoms with Crippen LogP contribution >= 0.6 is 0 Å². The van der Waals surface area contributed by atoms with Crippen molar-refractivity contribution in [2.45, 2.75) is 51.1 Å². The minimum Gasteiger partial charge on any atom is -0.323 e. The van der Waals surface area contributed by atoms with Gasteiger partial charge in [0.25, 0.3) is 0 Å². The summed E-state index contributed by atoms with van der Waals surface area (Å²) in [5.41, 5.74) is 8.94. The molecule has 0 spiro atoms. The van der Waals surface area contributed by atoms with Gasteiger partial charge in [0.2, 0.25) is 0 Å². The minimum absolute atomic E-state index is 0.136. The summed E-state index contributed by atoms with van der Waals surface area (Å²) in [4.78, 5) is 2.42. The molecule has 18 heavy (non-hydrogen) atoms. The van der Waals surface area contributed by atoms with E-state index in [-0.39, 0.29) is 6.04 Å². The molecular formula is C16H26N2. The SMILES string of the molecule is CC(C)c1ccc(C(N)CN(C)C2CCC2)cc1. The van der Waals surface area contributed by atoms with Crippen molar-refractivity contribution in [2.75, 3.05) is 13.6 Å². The maximum Gasteiger partial charge on any atom is 0.0424 e. The Morgan fingerprint density at radius 3 is 2.17 bits per heavy atom. The molecule has 2 N–H and O–H groups in total. The van der Waals surface area contributed by atoms with Crippen LogP contribution in [0.3, 0.4) is 0 Å². The molecule has 2 nitrogen and oxygen atoms in total. The molecule has 1 fully saturated rings. The van der Waals surface area contributed by atoms with Crippen LogP contribution < -0.4 is 5.73 Å². The molecule has 1 saturated carbocycles. The van der Waals surface area contributed by atoms with Crippen molar-refractivity contribution in [2.24, 2.45) is 5.73 Å². The molecule has 100 valence electrons. The monoisotopic (exact) mass is 246 g/mol. The normalized spacial score (nSPS) is 18.1. The van der Waals surface area contributed by atoms with Gasteiger partial charge in [-0.05, 0) is 36.9 Å². The van der Waals surface area contributed by atoms with Gasteiger partial charge < -0.3 is 10.6 Å². The predicted octanol–water partition coefficient (Wildman–Crippen LogP) is 3.29. The van der Waals surface area contributed by atoms with E-state index in [1.165, 1.54) is 30.4 Å². The fourth-order valence-corrected chi connectivity index (χ4v) is 2.52. The summed E-state index contributed by atoms with van der Waals surface area (Å²) in [6, 6.07) is 9.71. The van der Waals surface area contributed by atoms with E-state index in [9.17, 15) is 0 Å². The molecule has 2 rings (SSSR count). The van der Waals surface area contributed by atoms with Crippen LogP contribution in [0.4, 0.5) is 0 Å². The Hall–Kier alpha value is -0.860. The van der Waals surface area contributed by atoms with Gasteiger partial charge in [0.15, 0.2) is 0 Å². The molecule has 2 heteroatoms. The first-order valence-electron chi connectivity index (χ1n) is 7.13. The lowest BCUT2D eigenvalue weighted by atomic mass is 9.91. The highest BCUT2D eigenvalue weighted by molar-refractivity contribution is 5.26. The van der Waals surface area contributed by atoms with Crippen LogP contribution in [0.25, 0.3) is 0 Å². The number of hydrogen-bond acceptors (Lipinski definition) is 2. The second kappa shape index (κ2) is 5.85. The number of hydrogen-bond donors (Lipinski definition) is 1. The van der Waals surface area contributed by atoms with Crippen LogP contribution in [-0.2, 0) is 0 Å². The fourth-order valence-electron chi connectivity index (χ4n) is 2.52. The van der Waals surface area contributed by atoms with Crippen molar-refractivity contribution >= 4 is 0 Å². The maximum atomic E-state index is 6.30. The van der Waals surface area contributed by atoms with Gasteiger partial charge in [-0.3, -0.25) is 0 Å². The summed E-state index contributed by atoms with van der Waals surface area (Å²) in [5.74, 6) is 0.591. The van der Waals surface area contributed by atoms with E-state index in [0.717, 1.165) is 12.6 Å². The van der Waals surface area contributed by atoms with Crippen molar-refractivity contribution in [3.8, 4) is 0 Å². The lowest BCUT2D eigenvalue weighted by Gasteiger charge is -2.36. The van der Waals surface area contributed by atoms with Crippen LogP contribution in [0.15, 0.2) is 24.3 Å². The lowest BCUT2D eigenvalue weighted by molar-refractivity contribution is 0.152. The molecule has 1 aromatic carbocycles. The third kappa shape index (κ3) is 3.12. The average molecular weight is 246 g/mol. The number of benzene rings is 1. The van der Waals surface area contributed by atoms with Crippen LogP contribution in [-0.4, -0.2) is 24.5 Å². The van der Waals surface area contributed by atoms with Crippen molar-refractivity contribution in [3.05, 3.63) is 35.4 Å². The highest BCUT2D eigenvalue weighted by Crippen LogP contribution is 2.25. The van der Waals surface area contributed by atoms with Gasteiger partial charge in [0.1, 0.15) is 0 Å². The van der Waals surface area contributed by atoms with Crippen LogP contribution in [0.1, 0.15) is 56.2 Å². The second-order valence-corrected chi connectivity index (χ2v) is 5.95. The molecule has 0 saturated heterocycles. The van der Waals surface area contributed by atoms with E-state index in [0.29, 0.717) is 5.92 Å². The van der Waals surface area contributed by atoms with Gasteiger partial charge in [0, 0.05) is 18.6 Å². The Morgan fingerprint density at radius 2 is 1.72 bits per heavy atom. The van der Waals surface area contributed by atoms with Gasteiger partial charge in [-0.15, -0.1) is 0 Å². The summed E-state index contributed by atoms with van der Waals surface area (Å²) in [5, 5.41) is 0. The third-order valence-corrected chi connectivity index (χ3v) is 4.21. The molecule has 0 amide bonds. The van der Waals surface area contributed by atoms with Crippen molar-refractivity contribution < 1.29 is 0 Å². The van der Waals surface area contributed by atoms with E-state index in [1.54, 1.807) is 0 Å². The largest absolute Gasteiger partial charge is 0.323 e. The molecule has 0 aliphatic heterocycles. The number of nitrogens with zero attached hydrogens (tertiary/aromatic N) is 1. The number of rotatable bonds is 5. The Labute approximate surface area is 111 Å². The topological polar surface area (TPSA) is 29.3 Å². The second-order valence-electron chi connectivity index (χ2n) is 5.95. The smallest absolute Gasteiger partial charge is 0.0424 e. The molecule has 1 aliphatic carbocycles. The minimum atomic E-state index is 0.136. The summed E-state index contributed by atoms with van der Waals surface area (Å²) < 4.78 is 0. The molecule has 1 aliphatic rings. The third-order valence-electron chi connectivity index (χ3n) is 4.21. The Bertz CT molecular complexity index is 365. The molecule has 1 unspecified atom stereocenters. The van der Waals surface area contributed by atoms with Crippen molar-refractivity contribution in [1.82, 2.24) is 4.90 Å². The predicted molar refractivity (Wildman–Crippen MR) is 77.7 cm³/mol. The molecule has 1 aromatic rings. The standard InChI is InChI=1S/C16H26N2/c1-12(2)13-7-9-14(10-8-13)16(17)11-18(3)15-5-4-6-15/h7-10,12,15-16H,4-6,11,17H2,1-3H3. The first-order chi connectivity index (χ1) is 8.58. The Balaban J connectivity index is 1.93. The summed E-state index contributed by atoms with van der Waals surface area (Å²) in [6.45, 7) is 5.41. The van der Waals surface area contributed by atoms with Crippen LogP contribution in [0.2, 0.25) is 0 Å². The number of likely N-dealkylation sites (N-methyl/N-ethyl adjacent to an activating group) is 1. The van der Waals surface area contributed by atoms with E-state index in [1.807, 2.05) is 0 Å².